The predicted molar refractivity (Wildman–Crippen MR) is 139 cm³/mol. The van der Waals surface area contributed by atoms with E-state index in [0.717, 1.165) is 28.1 Å². The van der Waals surface area contributed by atoms with Gasteiger partial charge in [0.05, 0.1) is 11.8 Å². The predicted octanol–water partition coefficient (Wildman–Crippen LogP) is 5.16. The standard InChI is InChI=1S/C27H31N3O3S/c1-19(2)33-27(32)25(13-15-34-3)30-26(31)23-12-11-20(17-29-22-10-7-14-28-18-22)16-24(23)21-8-5-4-6-9-21/h4-12,14,16,18-19,25,29H,13,15,17H2,1-3H3,(H,30,31)/t25-/m0/s1. The van der Waals surface area contributed by atoms with E-state index in [1.54, 1.807) is 38.0 Å². The zero-order valence-electron chi connectivity index (χ0n) is 19.8. The number of amides is 1. The second-order valence-electron chi connectivity index (χ2n) is 8.13. The molecule has 0 radical (unpaired) electrons. The SMILES string of the molecule is CSCC[C@H](NC(=O)c1ccc(CNc2cccnc2)cc1-c1ccccc1)C(=O)OC(C)C. The lowest BCUT2D eigenvalue weighted by Crippen LogP contribution is -2.43. The first kappa shape index (κ1) is 25.3. The first-order valence-electron chi connectivity index (χ1n) is 11.3. The summed E-state index contributed by atoms with van der Waals surface area (Å²) in [5.41, 5.74) is 4.21. The molecule has 1 aromatic heterocycles. The zero-order chi connectivity index (χ0) is 24.3. The van der Waals surface area contributed by atoms with Crippen LogP contribution in [0.4, 0.5) is 5.69 Å². The summed E-state index contributed by atoms with van der Waals surface area (Å²) >= 11 is 1.62. The zero-order valence-corrected chi connectivity index (χ0v) is 20.6. The number of hydrogen-bond donors (Lipinski definition) is 2. The minimum Gasteiger partial charge on any atom is -0.461 e. The van der Waals surface area contributed by atoms with Gasteiger partial charge in [-0.1, -0.05) is 36.4 Å². The molecule has 0 fully saturated rings. The number of hydrogen-bond acceptors (Lipinski definition) is 6. The summed E-state index contributed by atoms with van der Waals surface area (Å²) in [7, 11) is 0. The Morgan fingerprint density at radius 3 is 2.53 bits per heavy atom. The number of nitrogens with zero attached hydrogens (tertiary/aromatic N) is 1. The molecule has 178 valence electrons. The summed E-state index contributed by atoms with van der Waals surface area (Å²) in [5.74, 6) is 0.0382. The third-order valence-corrected chi connectivity index (χ3v) is 5.77. The smallest absolute Gasteiger partial charge is 0.328 e. The van der Waals surface area contributed by atoms with E-state index in [1.807, 2.05) is 66.9 Å². The van der Waals surface area contributed by atoms with Crippen molar-refractivity contribution in [3.05, 3.63) is 84.2 Å². The lowest BCUT2D eigenvalue weighted by Gasteiger charge is -2.20. The Labute approximate surface area is 205 Å². The quantitative estimate of drug-likeness (QED) is 0.371. The topological polar surface area (TPSA) is 80.3 Å². The van der Waals surface area contributed by atoms with Crippen molar-refractivity contribution < 1.29 is 14.3 Å². The van der Waals surface area contributed by atoms with Gasteiger partial charge in [0.25, 0.3) is 5.91 Å². The van der Waals surface area contributed by atoms with Crippen molar-refractivity contribution in [1.29, 1.82) is 0 Å². The maximum atomic E-state index is 13.3. The maximum Gasteiger partial charge on any atom is 0.328 e. The molecule has 0 bridgehead atoms. The van der Waals surface area contributed by atoms with E-state index in [0.29, 0.717) is 18.5 Å². The Bertz CT molecular complexity index is 1070. The summed E-state index contributed by atoms with van der Waals surface area (Å²) in [6.45, 7) is 4.19. The molecule has 2 aromatic carbocycles. The normalized spacial score (nSPS) is 11.6. The number of ether oxygens (including phenoxy) is 1. The summed E-state index contributed by atoms with van der Waals surface area (Å²) in [5, 5.41) is 6.26. The number of anilines is 1. The second-order valence-corrected chi connectivity index (χ2v) is 9.12. The number of carbonyl (C=O) groups is 2. The number of esters is 1. The van der Waals surface area contributed by atoms with Crippen LogP contribution >= 0.6 is 11.8 Å². The Hall–Kier alpha value is -3.32. The van der Waals surface area contributed by atoms with Gasteiger partial charge in [0, 0.05) is 24.5 Å². The average Bonchev–Trinajstić information content (AvgIpc) is 2.85. The molecule has 3 aromatic rings. The van der Waals surface area contributed by atoms with E-state index in [2.05, 4.69) is 15.6 Å². The van der Waals surface area contributed by atoms with Crippen molar-refractivity contribution >= 4 is 29.3 Å². The molecule has 0 aliphatic rings. The summed E-state index contributed by atoms with van der Waals surface area (Å²) < 4.78 is 5.38. The van der Waals surface area contributed by atoms with Crippen molar-refractivity contribution in [2.45, 2.75) is 39.0 Å². The van der Waals surface area contributed by atoms with Gasteiger partial charge in [0.2, 0.25) is 0 Å². The molecule has 0 spiro atoms. The first-order valence-corrected chi connectivity index (χ1v) is 12.7. The fourth-order valence-electron chi connectivity index (χ4n) is 3.46. The fraction of sp³-hybridized carbons (Fsp3) is 0.296. The van der Waals surface area contributed by atoms with E-state index in [-0.39, 0.29) is 12.0 Å². The molecule has 0 unspecified atom stereocenters. The van der Waals surface area contributed by atoms with E-state index >= 15 is 0 Å². The molecule has 2 N–H and O–H groups in total. The van der Waals surface area contributed by atoms with Crippen molar-refractivity contribution in [2.24, 2.45) is 0 Å². The lowest BCUT2D eigenvalue weighted by molar-refractivity contribution is -0.149. The van der Waals surface area contributed by atoms with Gasteiger partial charge in [-0.15, -0.1) is 0 Å². The molecular formula is C27H31N3O3S. The van der Waals surface area contributed by atoms with Gasteiger partial charge in [0.15, 0.2) is 0 Å². The van der Waals surface area contributed by atoms with Crippen LogP contribution in [0.3, 0.4) is 0 Å². The van der Waals surface area contributed by atoms with Gasteiger partial charge in [-0.25, -0.2) is 4.79 Å². The summed E-state index contributed by atoms with van der Waals surface area (Å²) in [6.07, 6.45) is 5.73. The third-order valence-electron chi connectivity index (χ3n) is 5.12. The van der Waals surface area contributed by atoms with Gasteiger partial charge in [-0.2, -0.15) is 11.8 Å². The van der Waals surface area contributed by atoms with Crippen LogP contribution in [0.15, 0.2) is 73.1 Å². The molecule has 0 aliphatic carbocycles. The largest absolute Gasteiger partial charge is 0.461 e. The van der Waals surface area contributed by atoms with Gasteiger partial charge in [-0.05, 0) is 73.2 Å². The molecule has 34 heavy (non-hydrogen) atoms. The van der Waals surface area contributed by atoms with Gasteiger partial charge in [-0.3, -0.25) is 9.78 Å². The Kier molecular flexibility index (Phi) is 9.52. The molecule has 6 nitrogen and oxygen atoms in total. The minimum absolute atomic E-state index is 0.243. The highest BCUT2D eigenvalue weighted by atomic mass is 32.2. The molecule has 0 saturated carbocycles. The maximum absolute atomic E-state index is 13.3. The van der Waals surface area contributed by atoms with Crippen LogP contribution in [0.25, 0.3) is 11.1 Å². The Morgan fingerprint density at radius 1 is 1.06 bits per heavy atom. The van der Waals surface area contributed by atoms with Crippen LogP contribution in [0, 0.1) is 0 Å². The fourth-order valence-corrected chi connectivity index (χ4v) is 3.93. The number of aromatic nitrogens is 1. The molecule has 0 aliphatic heterocycles. The number of nitrogens with one attached hydrogen (secondary N) is 2. The number of thioether (sulfide) groups is 1. The highest BCUT2D eigenvalue weighted by Gasteiger charge is 2.25. The number of rotatable bonds is 11. The molecule has 1 atom stereocenters. The van der Waals surface area contributed by atoms with Crippen LogP contribution in [0.2, 0.25) is 0 Å². The van der Waals surface area contributed by atoms with Crippen molar-refractivity contribution in [3.8, 4) is 11.1 Å². The minimum atomic E-state index is -0.696. The van der Waals surface area contributed by atoms with Crippen LogP contribution < -0.4 is 10.6 Å². The molecule has 7 heteroatoms. The van der Waals surface area contributed by atoms with Crippen LogP contribution in [-0.4, -0.2) is 41.0 Å². The molecule has 1 heterocycles. The van der Waals surface area contributed by atoms with Crippen LogP contribution in [0.1, 0.15) is 36.2 Å². The molecular weight excluding hydrogens is 446 g/mol. The van der Waals surface area contributed by atoms with Crippen LogP contribution in [0.5, 0.6) is 0 Å². The average molecular weight is 478 g/mol. The molecule has 3 rings (SSSR count). The van der Waals surface area contributed by atoms with Crippen molar-refractivity contribution in [3.63, 3.8) is 0 Å². The highest BCUT2D eigenvalue weighted by Crippen LogP contribution is 2.26. The number of benzene rings is 2. The van der Waals surface area contributed by atoms with Crippen molar-refractivity contribution in [1.82, 2.24) is 10.3 Å². The van der Waals surface area contributed by atoms with Crippen molar-refractivity contribution in [2.75, 3.05) is 17.3 Å². The second kappa shape index (κ2) is 12.8. The van der Waals surface area contributed by atoms with E-state index < -0.39 is 12.0 Å². The molecule has 0 saturated heterocycles. The Morgan fingerprint density at radius 2 is 1.85 bits per heavy atom. The van der Waals surface area contributed by atoms with E-state index in [4.69, 9.17) is 4.74 Å². The van der Waals surface area contributed by atoms with Gasteiger partial charge < -0.3 is 15.4 Å². The monoisotopic (exact) mass is 477 g/mol. The van der Waals surface area contributed by atoms with E-state index in [9.17, 15) is 9.59 Å². The lowest BCUT2D eigenvalue weighted by atomic mass is 9.96. The number of carbonyl (C=O) groups excluding carboxylic acids is 2. The molecule has 1 amide bonds. The highest BCUT2D eigenvalue weighted by molar-refractivity contribution is 7.98. The Balaban J connectivity index is 1.86. The van der Waals surface area contributed by atoms with Gasteiger partial charge >= 0.3 is 5.97 Å². The van der Waals surface area contributed by atoms with Crippen LogP contribution in [-0.2, 0) is 16.1 Å². The first-order chi connectivity index (χ1) is 16.5. The third kappa shape index (κ3) is 7.35. The van der Waals surface area contributed by atoms with E-state index in [1.165, 1.54) is 0 Å². The van der Waals surface area contributed by atoms with Gasteiger partial charge in [0.1, 0.15) is 6.04 Å². The summed E-state index contributed by atoms with van der Waals surface area (Å²) in [6, 6.07) is 18.7. The summed E-state index contributed by atoms with van der Waals surface area (Å²) in [4.78, 5) is 30.1. The number of pyridine rings is 1.